The molecule has 0 saturated carbocycles. The van der Waals surface area contributed by atoms with Crippen LogP contribution in [0, 0.1) is 13.8 Å². The summed E-state index contributed by atoms with van der Waals surface area (Å²) in [5, 5.41) is 23.7. The van der Waals surface area contributed by atoms with Gasteiger partial charge in [0.2, 0.25) is 22.1 Å². The molecule has 0 aliphatic heterocycles. The number of thioether (sulfide) groups is 2. The SMILES string of the molecule is CC[C@H](SCCS[C@@H](CC)C(=O)Nc1nnc(C)s1)C(=O)Nc1nnc(C)s1. The summed E-state index contributed by atoms with van der Waals surface area (Å²) in [6.07, 6.45) is 1.46. The van der Waals surface area contributed by atoms with Gasteiger partial charge in [-0.3, -0.25) is 20.2 Å². The summed E-state index contributed by atoms with van der Waals surface area (Å²) in [5.74, 6) is 1.47. The highest BCUT2D eigenvalue weighted by atomic mass is 32.2. The Balaban J connectivity index is 1.73. The van der Waals surface area contributed by atoms with E-state index in [-0.39, 0.29) is 22.3 Å². The first-order valence-electron chi connectivity index (χ1n) is 8.88. The van der Waals surface area contributed by atoms with E-state index in [1.165, 1.54) is 22.7 Å². The average Bonchev–Trinajstić information content (AvgIpc) is 3.25. The second-order valence-electron chi connectivity index (χ2n) is 5.77. The highest BCUT2D eigenvalue weighted by Crippen LogP contribution is 2.23. The maximum atomic E-state index is 12.4. The molecule has 8 nitrogen and oxygen atoms in total. The Bertz CT molecular complexity index is 717. The predicted octanol–water partition coefficient (Wildman–Crippen LogP) is 3.61. The standard InChI is InChI=1S/C16H24N6O2S4/c1-5-11(13(23)17-15-21-19-9(3)27-15)25-7-8-26-12(6-2)14(24)18-16-22-20-10(4)28-16/h11-12H,5-8H2,1-4H3,(H,17,21,23)(H,18,22,24)/t11-,12-/m0/s1. The van der Waals surface area contributed by atoms with Gasteiger partial charge in [0.15, 0.2) is 0 Å². The minimum atomic E-state index is -0.150. The van der Waals surface area contributed by atoms with Crippen molar-refractivity contribution in [3.63, 3.8) is 0 Å². The van der Waals surface area contributed by atoms with Crippen LogP contribution in [0.5, 0.6) is 0 Å². The molecule has 2 rings (SSSR count). The Kier molecular flexibility index (Phi) is 9.62. The molecule has 0 spiro atoms. The maximum absolute atomic E-state index is 12.4. The number of carbonyl (C=O) groups is 2. The van der Waals surface area contributed by atoms with Gasteiger partial charge in [-0.05, 0) is 26.7 Å². The fraction of sp³-hybridized carbons (Fsp3) is 0.625. The van der Waals surface area contributed by atoms with Crippen molar-refractivity contribution in [2.45, 2.75) is 51.0 Å². The van der Waals surface area contributed by atoms with Gasteiger partial charge in [0.1, 0.15) is 10.0 Å². The molecule has 2 heterocycles. The third-order valence-corrected chi connectivity index (χ3v) is 8.11. The van der Waals surface area contributed by atoms with Gasteiger partial charge in [-0.1, -0.05) is 36.5 Å². The number of rotatable bonds is 11. The molecule has 0 aliphatic rings. The molecule has 0 bridgehead atoms. The Morgan fingerprint density at radius 1 is 0.821 bits per heavy atom. The zero-order chi connectivity index (χ0) is 20.5. The molecule has 2 atom stereocenters. The number of amides is 2. The minimum absolute atomic E-state index is 0.0509. The maximum Gasteiger partial charge on any atom is 0.239 e. The van der Waals surface area contributed by atoms with Gasteiger partial charge >= 0.3 is 0 Å². The summed E-state index contributed by atoms with van der Waals surface area (Å²) in [7, 11) is 0. The fourth-order valence-electron chi connectivity index (χ4n) is 2.20. The number of nitrogens with one attached hydrogen (secondary N) is 2. The highest BCUT2D eigenvalue weighted by Gasteiger charge is 2.21. The monoisotopic (exact) mass is 460 g/mol. The zero-order valence-electron chi connectivity index (χ0n) is 16.2. The van der Waals surface area contributed by atoms with E-state index in [9.17, 15) is 9.59 Å². The van der Waals surface area contributed by atoms with E-state index >= 15 is 0 Å². The van der Waals surface area contributed by atoms with Gasteiger partial charge < -0.3 is 0 Å². The van der Waals surface area contributed by atoms with Crippen molar-refractivity contribution in [1.29, 1.82) is 0 Å². The second-order valence-corrected chi connectivity index (χ2v) is 10.8. The number of hydrogen-bond donors (Lipinski definition) is 2. The molecular weight excluding hydrogens is 436 g/mol. The van der Waals surface area contributed by atoms with Gasteiger partial charge in [-0.25, -0.2) is 0 Å². The number of aryl methyl sites for hydroxylation is 2. The molecular formula is C16H24N6O2S4. The minimum Gasteiger partial charge on any atom is -0.300 e. The Morgan fingerprint density at radius 3 is 1.50 bits per heavy atom. The first kappa shape index (κ1) is 23.0. The quantitative estimate of drug-likeness (QED) is 0.489. The number of hydrogen-bond acceptors (Lipinski definition) is 10. The van der Waals surface area contributed by atoms with Gasteiger partial charge in [-0.15, -0.1) is 43.9 Å². The van der Waals surface area contributed by atoms with E-state index in [0.717, 1.165) is 34.4 Å². The molecule has 2 N–H and O–H groups in total. The van der Waals surface area contributed by atoms with Crippen molar-refractivity contribution in [3.05, 3.63) is 10.0 Å². The number of nitrogens with zero attached hydrogens (tertiary/aromatic N) is 4. The largest absolute Gasteiger partial charge is 0.300 e. The summed E-state index contributed by atoms with van der Waals surface area (Å²) in [4.78, 5) is 24.7. The lowest BCUT2D eigenvalue weighted by Gasteiger charge is -2.15. The van der Waals surface area contributed by atoms with E-state index in [1.807, 2.05) is 27.7 Å². The van der Waals surface area contributed by atoms with Crippen molar-refractivity contribution >= 4 is 68.3 Å². The third-order valence-electron chi connectivity index (χ3n) is 3.56. The van der Waals surface area contributed by atoms with Crippen molar-refractivity contribution in [1.82, 2.24) is 20.4 Å². The molecule has 2 aromatic rings. The van der Waals surface area contributed by atoms with Crippen LogP contribution in [0.25, 0.3) is 0 Å². The number of aromatic nitrogens is 4. The molecule has 12 heteroatoms. The average molecular weight is 461 g/mol. The predicted molar refractivity (Wildman–Crippen MR) is 120 cm³/mol. The van der Waals surface area contributed by atoms with Crippen LogP contribution in [0.2, 0.25) is 0 Å². The molecule has 28 heavy (non-hydrogen) atoms. The van der Waals surface area contributed by atoms with Crippen LogP contribution in [-0.4, -0.2) is 54.2 Å². The molecule has 0 saturated heterocycles. The third kappa shape index (κ3) is 7.30. The normalized spacial score (nSPS) is 13.1. The van der Waals surface area contributed by atoms with Crippen LogP contribution < -0.4 is 10.6 Å². The van der Waals surface area contributed by atoms with E-state index in [0.29, 0.717) is 10.3 Å². The molecule has 2 aromatic heterocycles. The van der Waals surface area contributed by atoms with Crippen molar-refractivity contribution in [2.75, 3.05) is 22.1 Å². The van der Waals surface area contributed by atoms with Crippen LogP contribution in [0.1, 0.15) is 36.7 Å². The van der Waals surface area contributed by atoms with Crippen LogP contribution in [0.4, 0.5) is 10.3 Å². The molecule has 0 radical (unpaired) electrons. The molecule has 2 amide bonds. The van der Waals surface area contributed by atoms with Gasteiger partial charge in [0.25, 0.3) is 0 Å². The fourth-order valence-corrected chi connectivity index (χ4v) is 5.62. The lowest BCUT2D eigenvalue weighted by Crippen LogP contribution is -2.26. The van der Waals surface area contributed by atoms with Crippen LogP contribution in [0.15, 0.2) is 0 Å². The van der Waals surface area contributed by atoms with Crippen LogP contribution >= 0.6 is 46.2 Å². The summed E-state index contributed by atoms with van der Waals surface area (Å²) in [5.41, 5.74) is 0. The van der Waals surface area contributed by atoms with Gasteiger partial charge in [-0.2, -0.15) is 0 Å². The Labute approximate surface area is 181 Å². The van der Waals surface area contributed by atoms with E-state index < -0.39 is 0 Å². The van der Waals surface area contributed by atoms with Gasteiger partial charge in [0.05, 0.1) is 10.5 Å². The summed E-state index contributed by atoms with van der Waals surface area (Å²) in [6, 6.07) is 0. The molecule has 0 aromatic carbocycles. The molecule has 154 valence electrons. The van der Waals surface area contributed by atoms with Crippen LogP contribution in [-0.2, 0) is 9.59 Å². The van der Waals surface area contributed by atoms with Gasteiger partial charge in [0, 0.05) is 11.5 Å². The topological polar surface area (TPSA) is 110 Å². The highest BCUT2D eigenvalue weighted by molar-refractivity contribution is 8.04. The molecule has 0 fully saturated rings. The summed E-state index contributed by atoms with van der Waals surface area (Å²) >= 11 is 5.93. The van der Waals surface area contributed by atoms with Crippen molar-refractivity contribution in [2.24, 2.45) is 0 Å². The Hall–Kier alpha value is -1.24. The molecule has 0 aliphatic carbocycles. The second kappa shape index (κ2) is 11.7. The lowest BCUT2D eigenvalue weighted by atomic mass is 10.3. The van der Waals surface area contributed by atoms with E-state index in [2.05, 4.69) is 31.0 Å². The zero-order valence-corrected chi connectivity index (χ0v) is 19.5. The number of anilines is 2. The summed E-state index contributed by atoms with van der Waals surface area (Å²) in [6.45, 7) is 7.68. The lowest BCUT2D eigenvalue weighted by molar-refractivity contribution is -0.116. The van der Waals surface area contributed by atoms with E-state index in [1.54, 1.807) is 23.5 Å². The van der Waals surface area contributed by atoms with Crippen LogP contribution in [0.3, 0.4) is 0 Å². The van der Waals surface area contributed by atoms with Crippen molar-refractivity contribution in [3.8, 4) is 0 Å². The first-order valence-corrected chi connectivity index (χ1v) is 12.6. The number of carbonyl (C=O) groups excluding carboxylic acids is 2. The summed E-state index contributed by atoms with van der Waals surface area (Å²) < 4.78 is 0. The molecule has 0 unspecified atom stereocenters. The first-order chi connectivity index (χ1) is 13.4. The smallest absolute Gasteiger partial charge is 0.239 e. The van der Waals surface area contributed by atoms with E-state index in [4.69, 9.17) is 0 Å². The Morgan fingerprint density at radius 2 is 1.21 bits per heavy atom. The van der Waals surface area contributed by atoms with Crippen molar-refractivity contribution < 1.29 is 9.59 Å².